The first-order valence-electron chi connectivity index (χ1n) is 7.13. The van der Waals surface area contributed by atoms with Crippen LogP contribution in [0, 0.1) is 0 Å². The van der Waals surface area contributed by atoms with Crippen LogP contribution in [-0.2, 0) is 14.8 Å². The van der Waals surface area contributed by atoms with Crippen LogP contribution in [0.2, 0.25) is 0 Å². The summed E-state index contributed by atoms with van der Waals surface area (Å²) in [5.41, 5.74) is 0.210. The third kappa shape index (κ3) is 4.52. The molecule has 0 saturated carbocycles. The maximum Gasteiger partial charge on any atom is 0.338 e. The zero-order valence-electron chi connectivity index (χ0n) is 12.3. The van der Waals surface area contributed by atoms with E-state index in [1.165, 1.54) is 12.1 Å². The summed E-state index contributed by atoms with van der Waals surface area (Å²) < 4.78 is 33.1. The molecule has 122 valence electrons. The van der Waals surface area contributed by atoms with Gasteiger partial charge in [0.1, 0.15) is 0 Å². The predicted octanol–water partition coefficient (Wildman–Crippen LogP) is 1.66. The Hall–Kier alpha value is -0.960. The van der Waals surface area contributed by atoms with Gasteiger partial charge in [-0.1, -0.05) is 15.9 Å². The molecule has 2 N–H and O–H groups in total. The Kier molecular flexibility index (Phi) is 5.96. The molecule has 6 nitrogen and oxygen atoms in total. The van der Waals surface area contributed by atoms with Crippen molar-refractivity contribution in [3.63, 3.8) is 0 Å². The van der Waals surface area contributed by atoms with E-state index in [4.69, 9.17) is 4.74 Å². The van der Waals surface area contributed by atoms with Crippen molar-refractivity contribution in [1.82, 2.24) is 10.0 Å². The molecule has 1 aromatic carbocycles. The summed E-state index contributed by atoms with van der Waals surface area (Å²) in [7, 11) is -3.67. The van der Waals surface area contributed by atoms with Crippen LogP contribution in [0.25, 0.3) is 0 Å². The van der Waals surface area contributed by atoms with Gasteiger partial charge in [-0.3, -0.25) is 0 Å². The van der Waals surface area contributed by atoms with Crippen molar-refractivity contribution >= 4 is 31.9 Å². The number of carbonyl (C=O) groups excluding carboxylic acids is 1. The van der Waals surface area contributed by atoms with Gasteiger partial charge in [0.15, 0.2) is 0 Å². The maximum atomic E-state index is 12.5. The highest BCUT2D eigenvalue weighted by atomic mass is 79.9. The second-order valence-electron chi connectivity index (χ2n) is 5.04. The first kappa shape index (κ1) is 17.4. The number of carbonyl (C=O) groups is 1. The number of halogens is 1. The Morgan fingerprint density at radius 1 is 1.36 bits per heavy atom. The molecule has 0 atom stereocenters. The Morgan fingerprint density at radius 3 is 2.68 bits per heavy atom. The Bertz CT molecular complexity index is 642. The van der Waals surface area contributed by atoms with E-state index in [1.807, 2.05) is 0 Å². The number of nitrogens with one attached hydrogen (secondary N) is 2. The minimum Gasteiger partial charge on any atom is -0.462 e. The third-order valence-electron chi connectivity index (χ3n) is 3.35. The lowest BCUT2D eigenvalue weighted by Gasteiger charge is -2.23. The van der Waals surface area contributed by atoms with E-state index < -0.39 is 16.0 Å². The van der Waals surface area contributed by atoms with Crippen LogP contribution < -0.4 is 10.0 Å². The van der Waals surface area contributed by atoms with Gasteiger partial charge < -0.3 is 10.1 Å². The molecule has 0 unspecified atom stereocenters. The second kappa shape index (κ2) is 7.54. The number of esters is 1. The van der Waals surface area contributed by atoms with Crippen molar-refractivity contribution in [3.05, 3.63) is 28.2 Å². The summed E-state index contributed by atoms with van der Waals surface area (Å²) in [5, 5.41) is 3.18. The lowest BCUT2D eigenvalue weighted by molar-refractivity contribution is 0.0526. The van der Waals surface area contributed by atoms with E-state index >= 15 is 0 Å². The van der Waals surface area contributed by atoms with Crippen molar-refractivity contribution in [3.8, 4) is 0 Å². The van der Waals surface area contributed by atoms with Crippen LogP contribution in [0.15, 0.2) is 27.6 Å². The lowest BCUT2D eigenvalue weighted by Crippen LogP contribution is -2.42. The smallest absolute Gasteiger partial charge is 0.338 e. The summed E-state index contributed by atoms with van der Waals surface area (Å²) in [5.74, 6) is -0.540. The average molecular weight is 391 g/mol. The van der Waals surface area contributed by atoms with Gasteiger partial charge in [-0.25, -0.2) is 17.9 Å². The fourth-order valence-electron chi connectivity index (χ4n) is 2.28. The van der Waals surface area contributed by atoms with E-state index in [9.17, 15) is 13.2 Å². The second-order valence-corrected chi connectivity index (χ2v) is 7.67. The molecule has 0 aliphatic carbocycles. The molecule has 0 spiro atoms. The van der Waals surface area contributed by atoms with Crippen molar-refractivity contribution < 1.29 is 17.9 Å². The SMILES string of the molecule is CCOC(=O)c1cc(Br)cc(S(=O)(=O)NC2CCNCC2)c1. The van der Waals surface area contributed by atoms with Crippen LogP contribution in [0.3, 0.4) is 0 Å². The van der Waals surface area contributed by atoms with Crippen LogP contribution in [0.5, 0.6) is 0 Å². The molecular weight excluding hydrogens is 372 g/mol. The maximum absolute atomic E-state index is 12.5. The van der Waals surface area contributed by atoms with Gasteiger partial charge in [0.25, 0.3) is 0 Å². The van der Waals surface area contributed by atoms with Crippen molar-refractivity contribution in [2.24, 2.45) is 0 Å². The lowest BCUT2D eigenvalue weighted by atomic mass is 10.1. The van der Waals surface area contributed by atoms with Crippen molar-refractivity contribution in [1.29, 1.82) is 0 Å². The molecule has 1 aliphatic rings. The fraction of sp³-hybridized carbons (Fsp3) is 0.500. The standard InChI is InChI=1S/C14H19BrN2O4S/c1-2-21-14(18)10-7-11(15)9-13(8-10)22(19,20)17-12-3-5-16-6-4-12/h7-9,12,16-17H,2-6H2,1H3. The van der Waals surface area contributed by atoms with Crippen LogP contribution in [0.1, 0.15) is 30.1 Å². The molecule has 2 rings (SSSR count). The Balaban J connectivity index is 2.24. The van der Waals surface area contributed by atoms with Gasteiger partial charge in [-0.05, 0) is 51.1 Å². The third-order valence-corrected chi connectivity index (χ3v) is 5.31. The number of ether oxygens (including phenoxy) is 1. The monoisotopic (exact) mass is 390 g/mol. The van der Waals surface area contributed by atoms with Crippen LogP contribution in [-0.4, -0.2) is 40.1 Å². The highest BCUT2D eigenvalue weighted by Gasteiger charge is 2.23. The number of sulfonamides is 1. The van der Waals surface area contributed by atoms with Gasteiger partial charge in [-0.15, -0.1) is 0 Å². The van der Waals surface area contributed by atoms with Crippen molar-refractivity contribution in [2.45, 2.75) is 30.7 Å². The number of benzene rings is 1. The summed E-state index contributed by atoms with van der Waals surface area (Å²) in [6.07, 6.45) is 1.50. The molecule has 8 heteroatoms. The summed E-state index contributed by atoms with van der Waals surface area (Å²) in [6.45, 7) is 3.52. The minimum atomic E-state index is -3.67. The number of rotatable bonds is 5. The molecule has 1 fully saturated rings. The van der Waals surface area contributed by atoms with E-state index in [0.29, 0.717) is 4.47 Å². The highest BCUT2D eigenvalue weighted by molar-refractivity contribution is 9.10. The quantitative estimate of drug-likeness (QED) is 0.746. The van der Waals surface area contributed by atoms with E-state index in [-0.39, 0.29) is 23.1 Å². The molecule has 1 aromatic rings. The summed E-state index contributed by atoms with van der Waals surface area (Å²) >= 11 is 3.24. The van der Waals surface area contributed by atoms with Crippen LogP contribution >= 0.6 is 15.9 Å². The van der Waals surface area contributed by atoms with Crippen molar-refractivity contribution in [2.75, 3.05) is 19.7 Å². The molecule has 1 aliphatic heterocycles. The van der Waals surface area contributed by atoms with Gasteiger partial charge >= 0.3 is 5.97 Å². The molecule has 0 amide bonds. The number of hydrogen-bond donors (Lipinski definition) is 2. The summed E-state index contributed by atoms with van der Waals surface area (Å²) in [4.78, 5) is 11.9. The first-order valence-corrected chi connectivity index (χ1v) is 9.41. The van der Waals surface area contributed by atoms with Gasteiger partial charge in [0.05, 0.1) is 17.1 Å². The zero-order chi connectivity index (χ0) is 16.2. The normalized spacial score (nSPS) is 16.5. The molecule has 0 radical (unpaired) electrons. The minimum absolute atomic E-state index is 0.0588. The van der Waals surface area contributed by atoms with Gasteiger partial charge in [0, 0.05) is 10.5 Å². The zero-order valence-corrected chi connectivity index (χ0v) is 14.7. The predicted molar refractivity (Wildman–Crippen MR) is 86.3 cm³/mol. The molecule has 22 heavy (non-hydrogen) atoms. The molecular formula is C14H19BrN2O4S. The molecule has 1 heterocycles. The largest absolute Gasteiger partial charge is 0.462 e. The first-order chi connectivity index (χ1) is 10.4. The number of hydrogen-bond acceptors (Lipinski definition) is 5. The topological polar surface area (TPSA) is 84.5 Å². The fourth-order valence-corrected chi connectivity index (χ4v) is 4.30. The molecule has 1 saturated heterocycles. The Morgan fingerprint density at radius 2 is 2.05 bits per heavy atom. The molecule has 0 aromatic heterocycles. The van der Waals surface area contributed by atoms with Gasteiger partial charge in [0.2, 0.25) is 10.0 Å². The van der Waals surface area contributed by atoms with E-state index in [2.05, 4.69) is 26.0 Å². The summed E-state index contributed by atoms with van der Waals surface area (Å²) in [6, 6.07) is 4.27. The Labute approximate surface area is 138 Å². The number of piperidine rings is 1. The van der Waals surface area contributed by atoms with E-state index in [0.717, 1.165) is 25.9 Å². The molecule has 0 bridgehead atoms. The van der Waals surface area contributed by atoms with Crippen LogP contribution in [0.4, 0.5) is 0 Å². The van der Waals surface area contributed by atoms with E-state index in [1.54, 1.807) is 13.0 Å². The van der Waals surface area contributed by atoms with Gasteiger partial charge in [-0.2, -0.15) is 0 Å². The highest BCUT2D eigenvalue weighted by Crippen LogP contribution is 2.21. The average Bonchev–Trinajstić information content (AvgIpc) is 2.47.